The zero-order valence-electron chi connectivity index (χ0n) is 12.5. The molecule has 1 rings (SSSR count). The molecule has 0 aliphatic rings. The minimum absolute atomic E-state index is 0.0399. The summed E-state index contributed by atoms with van der Waals surface area (Å²) in [6, 6.07) is 4.65. The van der Waals surface area contributed by atoms with Crippen LogP contribution in [0.15, 0.2) is 18.2 Å². The molecule has 0 bridgehead atoms. The molecule has 0 aliphatic heterocycles. The molecule has 0 spiro atoms. The fourth-order valence-electron chi connectivity index (χ4n) is 1.76. The van der Waals surface area contributed by atoms with E-state index in [1.807, 2.05) is 0 Å². The third-order valence-electron chi connectivity index (χ3n) is 3.10. The molecule has 0 N–H and O–H groups in total. The van der Waals surface area contributed by atoms with Crippen molar-refractivity contribution in [3.63, 3.8) is 0 Å². The van der Waals surface area contributed by atoms with E-state index >= 15 is 0 Å². The summed E-state index contributed by atoms with van der Waals surface area (Å²) in [5, 5.41) is 0. The van der Waals surface area contributed by atoms with Crippen molar-refractivity contribution >= 4 is 11.9 Å². The van der Waals surface area contributed by atoms with Crippen LogP contribution in [0.4, 0.5) is 13.2 Å². The van der Waals surface area contributed by atoms with E-state index in [1.54, 1.807) is 26.0 Å². The van der Waals surface area contributed by atoms with Crippen LogP contribution in [-0.4, -0.2) is 30.8 Å². The summed E-state index contributed by atoms with van der Waals surface area (Å²) in [4.78, 5) is 23.2. The van der Waals surface area contributed by atoms with Gasteiger partial charge in [-0.2, -0.15) is 13.2 Å². The van der Waals surface area contributed by atoms with E-state index in [-0.39, 0.29) is 12.2 Å². The molecule has 0 saturated heterocycles. The molecule has 0 amide bonds. The second-order valence-corrected chi connectivity index (χ2v) is 4.69. The van der Waals surface area contributed by atoms with Crippen LogP contribution in [0.2, 0.25) is 0 Å². The maximum Gasteiger partial charge on any atom is 0.426 e. The first-order valence-corrected chi connectivity index (χ1v) is 6.66. The summed E-state index contributed by atoms with van der Waals surface area (Å²) >= 11 is 0. The van der Waals surface area contributed by atoms with Crippen LogP contribution in [-0.2, 0) is 14.3 Å². The lowest BCUT2D eigenvalue weighted by Gasteiger charge is -2.20. The first kappa shape index (κ1) is 18.0. The van der Waals surface area contributed by atoms with Gasteiger partial charge in [-0.3, -0.25) is 4.79 Å². The normalized spacial score (nSPS) is 12.6. The Morgan fingerprint density at radius 1 is 1.23 bits per heavy atom. The number of hydrogen-bond acceptors (Lipinski definition) is 4. The quantitative estimate of drug-likeness (QED) is 0.781. The Bertz CT molecular complexity index is 552. The summed E-state index contributed by atoms with van der Waals surface area (Å²) in [5.41, 5.74) is 1.33. The lowest BCUT2D eigenvalue weighted by atomic mass is 10.0. The molecular formula is C15H17F3O4. The Morgan fingerprint density at radius 3 is 2.41 bits per heavy atom. The number of benzene rings is 1. The van der Waals surface area contributed by atoms with Gasteiger partial charge in [0.2, 0.25) is 6.10 Å². The molecule has 4 nitrogen and oxygen atoms in total. The standard InChI is InChI=1S/C15H17F3O4/c1-4-21-13(19)8-12(15(16,17)18)22-14(20)11-7-5-6-9(2)10(11)3/h5-7,12H,4,8H2,1-3H3/t12-/m1/s1. The van der Waals surface area contributed by atoms with Gasteiger partial charge in [0.25, 0.3) is 0 Å². The van der Waals surface area contributed by atoms with Gasteiger partial charge in [0.05, 0.1) is 18.6 Å². The van der Waals surface area contributed by atoms with Gasteiger partial charge >= 0.3 is 18.1 Å². The molecule has 0 saturated carbocycles. The van der Waals surface area contributed by atoms with Crippen molar-refractivity contribution in [2.75, 3.05) is 6.61 Å². The predicted octanol–water partition coefficient (Wildman–Crippen LogP) is 3.34. The zero-order valence-corrected chi connectivity index (χ0v) is 12.5. The van der Waals surface area contributed by atoms with Gasteiger partial charge in [0.1, 0.15) is 0 Å². The third-order valence-corrected chi connectivity index (χ3v) is 3.10. The number of esters is 2. The summed E-state index contributed by atoms with van der Waals surface area (Å²) in [5.74, 6) is -2.19. The van der Waals surface area contributed by atoms with E-state index in [2.05, 4.69) is 9.47 Å². The fourth-order valence-corrected chi connectivity index (χ4v) is 1.76. The van der Waals surface area contributed by atoms with Crippen LogP contribution in [0, 0.1) is 13.8 Å². The second-order valence-electron chi connectivity index (χ2n) is 4.69. The van der Waals surface area contributed by atoms with Crippen LogP contribution in [0.1, 0.15) is 34.8 Å². The molecule has 0 aromatic heterocycles. The molecule has 1 aromatic carbocycles. The SMILES string of the molecule is CCOC(=O)C[C@@H](OC(=O)c1cccc(C)c1C)C(F)(F)F. The van der Waals surface area contributed by atoms with E-state index in [9.17, 15) is 22.8 Å². The number of rotatable bonds is 5. The number of carbonyl (C=O) groups is 2. The fraction of sp³-hybridized carbons (Fsp3) is 0.467. The minimum Gasteiger partial charge on any atom is -0.466 e. The highest BCUT2D eigenvalue weighted by Crippen LogP contribution is 2.27. The first-order valence-electron chi connectivity index (χ1n) is 6.66. The topological polar surface area (TPSA) is 52.6 Å². The molecule has 22 heavy (non-hydrogen) atoms. The number of carbonyl (C=O) groups excluding carboxylic acids is 2. The maximum absolute atomic E-state index is 12.9. The van der Waals surface area contributed by atoms with Gasteiger partial charge in [-0.1, -0.05) is 12.1 Å². The van der Waals surface area contributed by atoms with Crippen LogP contribution < -0.4 is 0 Å². The van der Waals surface area contributed by atoms with Gasteiger partial charge in [-0.25, -0.2) is 4.79 Å². The average molecular weight is 318 g/mol. The van der Waals surface area contributed by atoms with E-state index < -0.39 is 30.6 Å². The Balaban J connectivity index is 2.92. The largest absolute Gasteiger partial charge is 0.466 e. The lowest BCUT2D eigenvalue weighted by molar-refractivity contribution is -0.209. The molecule has 1 atom stereocenters. The summed E-state index contributed by atoms with van der Waals surface area (Å²) in [7, 11) is 0. The number of ether oxygens (including phenoxy) is 2. The van der Waals surface area contributed by atoms with Crippen molar-refractivity contribution in [1.29, 1.82) is 0 Å². The van der Waals surface area contributed by atoms with Crippen LogP contribution >= 0.6 is 0 Å². The Kier molecular flexibility index (Phi) is 5.96. The summed E-state index contributed by atoms with van der Waals surface area (Å²) < 4.78 is 47.6. The highest BCUT2D eigenvalue weighted by molar-refractivity contribution is 5.91. The van der Waals surface area contributed by atoms with Crippen molar-refractivity contribution < 1.29 is 32.2 Å². The van der Waals surface area contributed by atoms with Gasteiger partial charge in [-0.15, -0.1) is 0 Å². The van der Waals surface area contributed by atoms with Gasteiger partial charge in [-0.05, 0) is 38.0 Å². The van der Waals surface area contributed by atoms with E-state index in [0.717, 1.165) is 5.56 Å². The van der Waals surface area contributed by atoms with Crippen LogP contribution in [0.25, 0.3) is 0 Å². The molecule has 0 unspecified atom stereocenters. The highest BCUT2D eigenvalue weighted by Gasteiger charge is 2.44. The van der Waals surface area contributed by atoms with E-state index in [4.69, 9.17) is 0 Å². The molecule has 7 heteroatoms. The van der Waals surface area contributed by atoms with E-state index in [0.29, 0.717) is 5.56 Å². The Labute approximate surface area is 126 Å². The van der Waals surface area contributed by atoms with Crippen LogP contribution in [0.5, 0.6) is 0 Å². The number of aryl methyl sites for hydroxylation is 1. The smallest absolute Gasteiger partial charge is 0.426 e. The highest BCUT2D eigenvalue weighted by atomic mass is 19.4. The molecule has 0 heterocycles. The number of hydrogen-bond donors (Lipinski definition) is 0. The summed E-state index contributed by atoms with van der Waals surface area (Å²) in [6.45, 7) is 4.77. The number of halogens is 3. The Hall–Kier alpha value is -2.05. The van der Waals surface area contributed by atoms with Crippen LogP contribution in [0.3, 0.4) is 0 Å². The Morgan fingerprint density at radius 2 is 1.86 bits per heavy atom. The number of alkyl halides is 3. The third kappa shape index (κ3) is 4.75. The molecule has 0 aliphatic carbocycles. The minimum atomic E-state index is -4.85. The summed E-state index contributed by atoms with van der Waals surface area (Å²) in [6.07, 6.45) is -8.44. The maximum atomic E-state index is 12.9. The molecule has 1 aromatic rings. The van der Waals surface area contributed by atoms with Crippen molar-refractivity contribution in [2.45, 2.75) is 39.5 Å². The van der Waals surface area contributed by atoms with Crippen molar-refractivity contribution in [1.82, 2.24) is 0 Å². The second kappa shape index (κ2) is 7.29. The lowest BCUT2D eigenvalue weighted by Crippen LogP contribution is -2.36. The zero-order chi connectivity index (χ0) is 16.9. The molecular weight excluding hydrogens is 301 g/mol. The predicted molar refractivity (Wildman–Crippen MR) is 72.4 cm³/mol. The van der Waals surface area contributed by atoms with Crippen molar-refractivity contribution in [3.8, 4) is 0 Å². The average Bonchev–Trinajstić information content (AvgIpc) is 2.40. The van der Waals surface area contributed by atoms with Crippen molar-refractivity contribution in [2.24, 2.45) is 0 Å². The van der Waals surface area contributed by atoms with Gasteiger partial charge in [0, 0.05) is 0 Å². The molecule has 0 radical (unpaired) electrons. The molecule has 122 valence electrons. The first-order chi connectivity index (χ1) is 10.2. The molecule has 0 fully saturated rings. The van der Waals surface area contributed by atoms with Crippen molar-refractivity contribution in [3.05, 3.63) is 34.9 Å². The van der Waals surface area contributed by atoms with E-state index in [1.165, 1.54) is 13.0 Å². The van der Waals surface area contributed by atoms with Gasteiger partial charge < -0.3 is 9.47 Å². The van der Waals surface area contributed by atoms with Gasteiger partial charge in [0.15, 0.2) is 0 Å². The monoisotopic (exact) mass is 318 g/mol.